The van der Waals surface area contributed by atoms with Gasteiger partial charge < -0.3 is 11.1 Å². The van der Waals surface area contributed by atoms with Crippen molar-refractivity contribution in [1.29, 1.82) is 0 Å². The fraction of sp³-hybridized carbons (Fsp3) is 0.533. The lowest BCUT2D eigenvalue weighted by Gasteiger charge is -2.21. The van der Waals surface area contributed by atoms with E-state index in [1.165, 1.54) is 16.9 Å². The SMILES string of the molecule is Cc1nc(NCC(C)(C)C(N)=O)c2c3c(sc2n1)CCC3. The number of hydrogen-bond donors (Lipinski definition) is 2. The van der Waals surface area contributed by atoms with Crippen LogP contribution in [-0.2, 0) is 17.6 Å². The first-order chi connectivity index (χ1) is 9.88. The van der Waals surface area contributed by atoms with Gasteiger partial charge in [0.25, 0.3) is 0 Å². The molecule has 0 atom stereocenters. The number of hydrogen-bond acceptors (Lipinski definition) is 5. The molecule has 3 N–H and O–H groups in total. The maximum absolute atomic E-state index is 11.5. The fourth-order valence-electron chi connectivity index (χ4n) is 2.62. The highest BCUT2D eigenvalue weighted by Crippen LogP contribution is 2.39. The Bertz CT molecular complexity index is 720. The van der Waals surface area contributed by atoms with Crippen molar-refractivity contribution in [2.75, 3.05) is 11.9 Å². The van der Waals surface area contributed by atoms with Crippen LogP contribution in [0.5, 0.6) is 0 Å². The Labute approximate surface area is 128 Å². The Morgan fingerprint density at radius 1 is 1.38 bits per heavy atom. The maximum Gasteiger partial charge on any atom is 0.224 e. The Kier molecular flexibility index (Phi) is 3.36. The number of fused-ring (bicyclic) bond motifs is 3. The number of anilines is 1. The van der Waals surface area contributed by atoms with Crippen molar-refractivity contribution < 1.29 is 4.79 Å². The van der Waals surface area contributed by atoms with Gasteiger partial charge >= 0.3 is 0 Å². The monoisotopic (exact) mass is 304 g/mol. The largest absolute Gasteiger partial charge is 0.369 e. The molecule has 2 aromatic heterocycles. The van der Waals surface area contributed by atoms with E-state index < -0.39 is 5.41 Å². The first kappa shape index (κ1) is 14.3. The molecule has 0 saturated carbocycles. The minimum atomic E-state index is -0.607. The summed E-state index contributed by atoms with van der Waals surface area (Å²) >= 11 is 1.77. The van der Waals surface area contributed by atoms with Gasteiger partial charge in [-0.1, -0.05) is 0 Å². The smallest absolute Gasteiger partial charge is 0.224 e. The molecule has 0 unspecified atom stereocenters. The summed E-state index contributed by atoms with van der Waals surface area (Å²) in [6.45, 7) is 6.05. The molecule has 0 fully saturated rings. The van der Waals surface area contributed by atoms with Crippen LogP contribution in [0.1, 0.15) is 36.5 Å². The quantitative estimate of drug-likeness (QED) is 0.909. The predicted molar refractivity (Wildman–Crippen MR) is 85.6 cm³/mol. The number of aryl methyl sites for hydroxylation is 3. The van der Waals surface area contributed by atoms with Crippen molar-refractivity contribution in [2.45, 2.75) is 40.0 Å². The lowest BCUT2D eigenvalue weighted by Crippen LogP contribution is -2.37. The molecule has 112 valence electrons. The van der Waals surface area contributed by atoms with E-state index in [-0.39, 0.29) is 5.91 Å². The molecule has 0 spiro atoms. The zero-order valence-electron chi connectivity index (χ0n) is 12.6. The summed E-state index contributed by atoms with van der Waals surface area (Å²) in [5, 5.41) is 4.46. The highest BCUT2D eigenvalue weighted by molar-refractivity contribution is 7.19. The van der Waals surface area contributed by atoms with Crippen molar-refractivity contribution in [3.8, 4) is 0 Å². The van der Waals surface area contributed by atoms with E-state index in [1.807, 2.05) is 20.8 Å². The number of nitrogens with zero attached hydrogens (tertiary/aromatic N) is 2. The van der Waals surface area contributed by atoms with Crippen molar-refractivity contribution in [2.24, 2.45) is 11.1 Å². The Balaban J connectivity index is 2.00. The Hall–Kier alpha value is -1.69. The summed E-state index contributed by atoms with van der Waals surface area (Å²) in [4.78, 5) is 23.0. The molecule has 0 radical (unpaired) electrons. The number of nitrogens with one attached hydrogen (secondary N) is 1. The maximum atomic E-state index is 11.5. The van der Waals surface area contributed by atoms with Crippen molar-refractivity contribution in [3.63, 3.8) is 0 Å². The lowest BCUT2D eigenvalue weighted by atomic mass is 9.93. The van der Waals surface area contributed by atoms with E-state index in [0.717, 1.165) is 34.7 Å². The number of amides is 1. The van der Waals surface area contributed by atoms with Gasteiger partial charge in [-0.05, 0) is 45.6 Å². The van der Waals surface area contributed by atoms with Crippen LogP contribution in [0.3, 0.4) is 0 Å². The molecule has 5 nitrogen and oxygen atoms in total. The van der Waals surface area contributed by atoms with Gasteiger partial charge in [-0.2, -0.15) is 0 Å². The van der Waals surface area contributed by atoms with E-state index in [9.17, 15) is 4.79 Å². The van der Waals surface area contributed by atoms with E-state index in [0.29, 0.717) is 6.54 Å². The average Bonchev–Trinajstić information content (AvgIpc) is 2.95. The normalized spacial score (nSPS) is 14.4. The highest BCUT2D eigenvalue weighted by Gasteiger charge is 2.26. The molecule has 3 rings (SSSR count). The molecule has 0 saturated heterocycles. The number of primary amides is 1. The van der Waals surface area contributed by atoms with Crippen LogP contribution in [0, 0.1) is 12.3 Å². The standard InChI is InChI=1S/C15H20N4OS/c1-8-18-12(17-7-15(2,3)14(16)20)11-9-5-4-6-10(9)21-13(11)19-8/h4-7H2,1-3H3,(H2,16,20)(H,17,18,19). The second-order valence-corrected chi connectivity index (χ2v) is 7.34. The van der Waals surface area contributed by atoms with Crippen LogP contribution in [0.4, 0.5) is 5.82 Å². The molecule has 1 aliphatic rings. The second-order valence-electron chi connectivity index (χ2n) is 6.26. The van der Waals surface area contributed by atoms with Gasteiger partial charge in [-0.3, -0.25) is 4.79 Å². The minimum Gasteiger partial charge on any atom is -0.369 e. The molecule has 1 amide bonds. The first-order valence-electron chi connectivity index (χ1n) is 7.21. The number of carbonyl (C=O) groups excluding carboxylic acids is 1. The van der Waals surface area contributed by atoms with Crippen LogP contribution >= 0.6 is 11.3 Å². The second kappa shape index (κ2) is 4.94. The van der Waals surface area contributed by atoms with Crippen molar-refractivity contribution >= 4 is 33.3 Å². The average molecular weight is 304 g/mol. The van der Waals surface area contributed by atoms with Crippen molar-refractivity contribution in [1.82, 2.24) is 9.97 Å². The van der Waals surface area contributed by atoms with Crippen molar-refractivity contribution in [3.05, 3.63) is 16.3 Å². The molecule has 1 aliphatic carbocycles. The first-order valence-corrected chi connectivity index (χ1v) is 8.03. The summed E-state index contributed by atoms with van der Waals surface area (Å²) in [7, 11) is 0. The molecular formula is C15H20N4OS. The van der Waals surface area contributed by atoms with Crippen LogP contribution < -0.4 is 11.1 Å². The van der Waals surface area contributed by atoms with Gasteiger partial charge in [0.05, 0.1) is 10.8 Å². The molecule has 0 bridgehead atoms. The third kappa shape index (κ3) is 2.48. The van der Waals surface area contributed by atoms with Crippen LogP contribution in [0.25, 0.3) is 10.2 Å². The Morgan fingerprint density at radius 3 is 2.86 bits per heavy atom. The summed E-state index contributed by atoms with van der Waals surface area (Å²) in [6.07, 6.45) is 3.44. The van der Waals surface area contributed by atoms with Gasteiger partial charge in [0.1, 0.15) is 16.5 Å². The molecule has 21 heavy (non-hydrogen) atoms. The molecule has 2 aromatic rings. The number of thiophene rings is 1. The third-order valence-corrected chi connectivity index (χ3v) is 5.23. The zero-order valence-corrected chi connectivity index (χ0v) is 13.4. The van der Waals surface area contributed by atoms with E-state index >= 15 is 0 Å². The zero-order chi connectivity index (χ0) is 15.2. The molecule has 2 heterocycles. The van der Waals surface area contributed by atoms with Gasteiger partial charge in [0, 0.05) is 11.4 Å². The van der Waals surface area contributed by atoms with Gasteiger partial charge in [-0.15, -0.1) is 11.3 Å². The van der Waals surface area contributed by atoms with E-state index in [4.69, 9.17) is 5.73 Å². The molecular weight excluding hydrogens is 284 g/mol. The van der Waals surface area contributed by atoms with Gasteiger partial charge in [0.2, 0.25) is 5.91 Å². The van der Waals surface area contributed by atoms with E-state index in [2.05, 4.69) is 15.3 Å². The number of rotatable bonds is 4. The predicted octanol–water partition coefficient (Wildman–Crippen LogP) is 2.41. The summed E-state index contributed by atoms with van der Waals surface area (Å²) in [5.74, 6) is 1.28. The summed E-state index contributed by atoms with van der Waals surface area (Å²) in [5.41, 5.74) is 6.21. The highest BCUT2D eigenvalue weighted by atomic mass is 32.1. The van der Waals surface area contributed by atoms with Gasteiger partial charge in [0.15, 0.2) is 0 Å². The topological polar surface area (TPSA) is 80.9 Å². The molecule has 0 aromatic carbocycles. The van der Waals surface area contributed by atoms with Crippen LogP contribution in [-0.4, -0.2) is 22.4 Å². The Morgan fingerprint density at radius 2 is 2.14 bits per heavy atom. The number of aromatic nitrogens is 2. The lowest BCUT2D eigenvalue weighted by molar-refractivity contribution is -0.125. The molecule has 0 aliphatic heterocycles. The van der Waals surface area contributed by atoms with E-state index in [1.54, 1.807) is 11.3 Å². The third-order valence-electron chi connectivity index (χ3n) is 4.04. The number of nitrogens with two attached hydrogens (primary N) is 1. The van der Waals surface area contributed by atoms with Gasteiger partial charge in [-0.25, -0.2) is 9.97 Å². The fourth-order valence-corrected chi connectivity index (χ4v) is 3.93. The summed E-state index contributed by atoms with van der Waals surface area (Å²) < 4.78 is 0. The van der Waals surface area contributed by atoms with Crippen LogP contribution in [0.15, 0.2) is 0 Å². The minimum absolute atomic E-state index is 0.312. The number of carbonyl (C=O) groups is 1. The molecule has 6 heteroatoms. The summed E-state index contributed by atoms with van der Waals surface area (Å²) in [6, 6.07) is 0. The van der Waals surface area contributed by atoms with Crippen LogP contribution in [0.2, 0.25) is 0 Å².